The smallest absolute Gasteiger partial charge is 0.265 e. The van der Waals surface area contributed by atoms with Crippen molar-refractivity contribution in [3.63, 3.8) is 0 Å². The summed E-state index contributed by atoms with van der Waals surface area (Å²) in [6.45, 7) is 6.76. The Bertz CT molecular complexity index is 979. The first kappa shape index (κ1) is 22.3. The summed E-state index contributed by atoms with van der Waals surface area (Å²) in [5.41, 5.74) is 2.63. The van der Waals surface area contributed by atoms with Gasteiger partial charge in [-0.3, -0.25) is 4.79 Å². The van der Waals surface area contributed by atoms with Crippen LogP contribution in [0.4, 0.5) is 5.69 Å². The maximum Gasteiger partial charge on any atom is 0.265 e. The second-order valence-electron chi connectivity index (χ2n) is 7.86. The van der Waals surface area contributed by atoms with E-state index in [1.165, 1.54) is 0 Å². The van der Waals surface area contributed by atoms with Crippen molar-refractivity contribution in [3.8, 4) is 5.75 Å². The second-order valence-corrected chi connectivity index (χ2v) is 9.80. The SMILES string of the molecule is Cc1ccc(O[C@@H](C)C(=O)Nc2ccc(S(=O)(=O)N3CCCCCC3)cc2)c(C)c1. The molecule has 7 heteroatoms. The molecule has 0 aromatic heterocycles. The van der Waals surface area contributed by atoms with Gasteiger partial charge < -0.3 is 10.1 Å². The van der Waals surface area contributed by atoms with Crippen LogP contribution in [0.15, 0.2) is 47.4 Å². The number of nitrogens with zero attached hydrogens (tertiary/aromatic N) is 1. The highest BCUT2D eigenvalue weighted by Gasteiger charge is 2.25. The Hall–Kier alpha value is -2.38. The number of carbonyl (C=O) groups is 1. The third-order valence-electron chi connectivity index (χ3n) is 5.33. The van der Waals surface area contributed by atoms with E-state index in [4.69, 9.17) is 4.74 Å². The van der Waals surface area contributed by atoms with Gasteiger partial charge in [-0.2, -0.15) is 4.31 Å². The zero-order chi connectivity index (χ0) is 21.7. The van der Waals surface area contributed by atoms with Crippen LogP contribution in [0, 0.1) is 13.8 Å². The van der Waals surface area contributed by atoms with Gasteiger partial charge in [0.05, 0.1) is 4.90 Å². The molecule has 3 rings (SSSR count). The van der Waals surface area contributed by atoms with Crippen molar-refractivity contribution < 1.29 is 17.9 Å². The molecule has 6 nitrogen and oxygen atoms in total. The minimum absolute atomic E-state index is 0.252. The van der Waals surface area contributed by atoms with Crippen molar-refractivity contribution in [1.82, 2.24) is 4.31 Å². The fraction of sp³-hybridized carbons (Fsp3) is 0.435. The predicted octanol–water partition coefficient (Wildman–Crippen LogP) is 4.27. The number of benzene rings is 2. The minimum Gasteiger partial charge on any atom is -0.481 e. The highest BCUT2D eigenvalue weighted by Crippen LogP contribution is 2.23. The molecule has 0 spiro atoms. The van der Waals surface area contributed by atoms with Gasteiger partial charge in [-0.05, 0) is 69.5 Å². The third-order valence-corrected chi connectivity index (χ3v) is 7.24. The molecule has 0 radical (unpaired) electrons. The van der Waals surface area contributed by atoms with E-state index in [0.717, 1.165) is 36.8 Å². The summed E-state index contributed by atoms with van der Waals surface area (Å²) in [6, 6.07) is 12.1. The van der Waals surface area contributed by atoms with Gasteiger partial charge in [-0.1, -0.05) is 30.5 Å². The van der Waals surface area contributed by atoms with Crippen LogP contribution in [0.1, 0.15) is 43.7 Å². The number of hydrogen-bond donors (Lipinski definition) is 1. The number of anilines is 1. The molecule has 1 aliphatic rings. The first-order valence-electron chi connectivity index (χ1n) is 10.4. The summed E-state index contributed by atoms with van der Waals surface area (Å²) in [6.07, 6.45) is 3.24. The van der Waals surface area contributed by atoms with E-state index in [2.05, 4.69) is 5.32 Å². The molecular weight excluding hydrogens is 400 g/mol. The van der Waals surface area contributed by atoms with Crippen LogP contribution in [0.2, 0.25) is 0 Å². The lowest BCUT2D eigenvalue weighted by molar-refractivity contribution is -0.122. The van der Waals surface area contributed by atoms with Crippen molar-refractivity contribution in [1.29, 1.82) is 0 Å². The summed E-state index contributed by atoms with van der Waals surface area (Å²) >= 11 is 0. The standard InChI is InChI=1S/C23H30N2O4S/c1-17-8-13-22(18(2)16-17)29-19(3)23(26)24-20-9-11-21(12-10-20)30(27,28)25-14-6-4-5-7-15-25/h8-13,16,19H,4-7,14-15H2,1-3H3,(H,24,26)/t19-/m0/s1. The quantitative estimate of drug-likeness (QED) is 0.742. The van der Waals surface area contributed by atoms with Crippen molar-refractivity contribution in [2.75, 3.05) is 18.4 Å². The van der Waals surface area contributed by atoms with Gasteiger partial charge >= 0.3 is 0 Å². The number of ether oxygens (including phenoxy) is 1. The minimum atomic E-state index is -3.50. The first-order chi connectivity index (χ1) is 14.3. The lowest BCUT2D eigenvalue weighted by Crippen LogP contribution is -2.32. The molecule has 0 unspecified atom stereocenters. The highest BCUT2D eigenvalue weighted by molar-refractivity contribution is 7.89. The average molecular weight is 431 g/mol. The number of sulfonamides is 1. The van der Waals surface area contributed by atoms with Crippen molar-refractivity contribution in [3.05, 3.63) is 53.6 Å². The molecule has 1 N–H and O–H groups in total. The van der Waals surface area contributed by atoms with Gasteiger partial charge in [0.2, 0.25) is 10.0 Å². The normalized spacial score (nSPS) is 16.5. The Labute approximate surface area is 179 Å². The van der Waals surface area contributed by atoms with Crippen LogP contribution in [-0.2, 0) is 14.8 Å². The summed E-state index contributed by atoms with van der Waals surface area (Å²) in [5.74, 6) is 0.375. The van der Waals surface area contributed by atoms with E-state index in [0.29, 0.717) is 24.5 Å². The highest BCUT2D eigenvalue weighted by atomic mass is 32.2. The number of rotatable bonds is 6. The van der Waals surface area contributed by atoms with E-state index in [9.17, 15) is 13.2 Å². The topological polar surface area (TPSA) is 75.7 Å². The molecule has 1 fully saturated rings. The molecule has 1 heterocycles. The fourth-order valence-corrected chi connectivity index (χ4v) is 5.08. The van der Waals surface area contributed by atoms with Crippen molar-refractivity contribution in [2.24, 2.45) is 0 Å². The molecule has 1 saturated heterocycles. The lowest BCUT2D eigenvalue weighted by atomic mass is 10.1. The zero-order valence-corrected chi connectivity index (χ0v) is 18.7. The molecule has 2 aromatic carbocycles. The molecule has 1 atom stereocenters. The molecule has 2 aromatic rings. The fourth-order valence-electron chi connectivity index (χ4n) is 3.56. The molecule has 30 heavy (non-hydrogen) atoms. The van der Waals surface area contributed by atoms with Crippen molar-refractivity contribution in [2.45, 2.75) is 57.5 Å². The van der Waals surface area contributed by atoms with Gasteiger partial charge in [0, 0.05) is 18.8 Å². The van der Waals surface area contributed by atoms with Crippen LogP contribution < -0.4 is 10.1 Å². The van der Waals surface area contributed by atoms with E-state index in [-0.39, 0.29) is 10.8 Å². The summed E-state index contributed by atoms with van der Waals surface area (Å²) in [5, 5.41) is 2.79. The third kappa shape index (κ3) is 5.40. The van der Waals surface area contributed by atoms with E-state index in [1.807, 2.05) is 32.0 Å². The maximum atomic E-state index is 12.9. The van der Waals surface area contributed by atoms with E-state index in [1.54, 1.807) is 35.5 Å². The molecule has 162 valence electrons. The summed E-state index contributed by atoms with van der Waals surface area (Å²) in [7, 11) is -3.50. The number of nitrogens with one attached hydrogen (secondary N) is 1. The summed E-state index contributed by atoms with van der Waals surface area (Å²) in [4.78, 5) is 12.8. The Morgan fingerprint density at radius 2 is 1.63 bits per heavy atom. The molecule has 0 bridgehead atoms. The largest absolute Gasteiger partial charge is 0.481 e. The molecule has 1 aliphatic heterocycles. The van der Waals surface area contributed by atoms with Gasteiger partial charge in [-0.15, -0.1) is 0 Å². The van der Waals surface area contributed by atoms with Crippen LogP contribution in [0.5, 0.6) is 5.75 Å². The zero-order valence-electron chi connectivity index (χ0n) is 17.8. The Morgan fingerprint density at radius 3 is 2.23 bits per heavy atom. The number of carbonyl (C=O) groups excluding carboxylic acids is 1. The summed E-state index contributed by atoms with van der Waals surface area (Å²) < 4.78 is 33.1. The molecule has 1 amide bonds. The van der Waals surface area contributed by atoms with Crippen LogP contribution in [-0.4, -0.2) is 37.8 Å². The Kier molecular flexibility index (Phi) is 7.15. The van der Waals surface area contributed by atoms with Gasteiger partial charge in [0.15, 0.2) is 6.10 Å². The average Bonchev–Trinajstić information content (AvgIpc) is 3.00. The van der Waals surface area contributed by atoms with E-state index < -0.39 is 16.1 Å². The number of aryl methyl sites for hydroxylation is 2. The second kappa shape index (κ2) is 9.62. The lowest BCUT2D eigenvalue weighted by Gasteiger charge is -2.20. The Balaban J connectivity index is 1.63. The monoisotopic (exact) mass is 430 g/mol. The molecular formula is C23H30N2O4S. The van der Waals surface area contributed by atoms with Crippen LogP contribution >= 0.6 is 0 Å². The number of amides is 1. The van der Waals surface area contributed by atoms with Crippen LogP contribution in [0.3, 0.4) is 0 Å². The van der Waals surface area contributed by atoms with Crippen molar-refractivity contribution >= 4 is 21.6 Å². The van der Waals surface area contributed by atoms with Gasteiger partial charge in [-0.25, -0.2) is 8.42 Å². The van der Waals surface area contributed by atoms with E-state index >= 15 is 0 Å². The Morgan fingerprint density at radius 1 is 1.00 bits per heavy atom. The first-order valence-corrected chi connectivity index (χ1v) is 11.9. The number of hydrogen-bond acceptors (Lipinski definition) is 4. The van der Waals surface area contributed by atoms with Crippen LogP contribution in [0.25, 0.3) is 0 Å². The maximum absolute atomic E-state index is 12.9. The molecule has 0 aliphatic carbocycles. The van der Waals surface area contributed by atoms with Gasteiger partial charge in [0.25, 0.3) is 5.91 Å². The predicted molar refractivity (Wildman–Crippen MR) is 118 cm³/mol. The van der Waals surface area contributed by atoms with Gasteiger partial charge in [0.1, 0.15) is 5.75 Å². The molecule has 0 saturated carbocycles.